The second-order valence-corrected chi connectivity index (χ2v) is 5.45. The second-order valence-electron chi connectivity index (χ2n) is 5.45. The summed E-state index contributed by atoms with van der Waals surface area (Å²) in [5.74, 6) is -0.0810. The van der Waals surface area contributed by atoms with Gasteiger partial charge in [-0.3, -0.25) is 4.40 Å². The number of aromatic nitrogens is 2. The minimum atomic E-state index is -1.26. The number of methoxy groups -OCH3 is 2. The van der Waals surface area contributed by atoms with E-state index in [0.29, 0.717) is 22.9 Å². The molecule has 0 fully saturated rings. The van der Waals surface area contributed by atoms with E-state index >= 15 is 0 Å². The first-order chi connectivity index (χ1) is 12.0. The van der Waals surface area contributed by atoms with E-state index in [1.165, 1.54) is 6.08 Å². The Morgan fingerprint density at radius 3 is 2.64 bits per heavy atom. The van der Waals surface area contributed by atoms with Gasteiger partial charge in [-0.2, -0.15) is 0 Å². The molecule has 0 amide bonds. The average Bonchev–Trinajstić information content (AvgIpc) is 2.99. The third-order valence-electron chi connectivity index (χ3n) is 3.92. The molecule has 3 rings (SSSR count). The van der Waals surface area contributed by atoms with Crippen molar-refractivity contribution in [3.8, 4) is 22.8 Å². The summed E-state index contributed by atoms with van der Waals surface area (Å²) in [7, 11) is 3.13. The summed E-state index contributed by atoms with van der Waals surface area (Å²) in [6.07, 6.45) is 4.32. The number of benzene rings is 1. The summed E-state index contributed by atoms with van der Waals surface area (Å²) in [6.45, 7) is 1.95. The van der Waals surface area contributed by atoms with Gasteiger partial charge in [-0.25, -0.2) is 4.98 Å². The Bertz CT molecular complexity index is 973. The topological polar surface area (TPSA) is 75.9 Å². The molecule has 0 aliphatic carbocycles. The fourth-order valence-corrected chi connectivity index (χ4v) is 2.72. The number of hydrogen-bond donors (Lipinski definition) is 0. The molecule has 0 unspecified atom stereocenters. The monoisotopic (exact) mass is 337 g/mol. The Balaban J connectivity index is 2.26. The van der Waals surface area contributed by atoms with Gasteiger partial charge in [-0.05, 0) is 48.9 Å². The highest BCUT2D eigenvalue weighted by atomic mass is 16.5. The summed E-state index contributed by atoms with van der Waals surface area (Å²) in [5, 5.41) is 10.9. The van der Waals surface area contributed by atoms with Gasteiger partial charge in [0.2, 0.25) is 0 Å². The normalized spacial score (nSPS) is 11.2. The van der Waals surface area contributed by atoms with E-state index in [9.17, 15) is 9.90 Å². The number of pyridine rings is 1. The van der Waals surface area contributed by atoms with Crippen LogP contribution in [0.25, 0.3) is 23.0 Å². The first-order valence-electron chi connectivity index (χ1n) is 7.64. The molecule has 0 bridgehead atoms. The first-order valence-corrected chi connectivity index (χ1v) is 7.64. The number of carbonyl (C=O) groups is 1. The quantitative estimate of drug-likeness (QED) is 0.666. The molecule has 0 saturated heterocycles. The minimum Gasteiger partial charge on any atom is -0.545 e. The fraction of sp³-hybridized carbons (Fsp3) is 0.158. The van der Waals surface area contributed by atoms with E-state index in [4.69, 9.17) is 14.5 Å². The Morgan fingerprint density at radius 2 is 1.96 bits per heavy atom. The largest absolute Gasteiger partial charge is 0.545 e. The highest BCUT2D eigenvalue weighted by molar-refractivity contribution is 5.86. The molecule has 25 heavy (non-hydrogen) atoms. The predicted molar refractivity (Wildman–Crippen MR) is 92.5 cm³/mol. The Hall–Kier alpha value is -3.28. The van der Waals surface area contributed by atoms with Crippen LogP contribution in [0.4, 0.5) is 0 Å². The fourth-order valence-electron chi connectivity index (χ4n) is 2.72. The number of carboxylic acid groups (broad SMARTS) is 1. The molecule has 2 heterocycles. The van der Waals surface area contributed by atoms with Crippen molar-refractivity contribution in [1.29, 1.82) is 0 Å². The van der Waals surface area contributed by atoms with Crippen LogP contribution < -0.4 is 14.6 Å². The number of carboxylic acids is 1. The van der Waals surface area contributed by atoms with Crippen LogP contribution in [0.3, 0.4) is 0 Å². The lowest BCUT2D eigenvalue weighted by atomic mass is 10.1. The van der Waals surface area contributed by atoms with E-state index in [1.54, 1.807) is 20.3 Å². The van der Waals surface area contributed by atoms with Crippen LogP contribution in [0.1, 0.15) is 11.3 Å². The first kappa shape index (κ1) is 16.6. The molecule has 1 aromatic carbocycles. The molecule has 6 nitrogen and oxygen atoms in total. The summed E-state index contributed by atoms with van der Waals surface area (Å²) in [6, 6.07) is 9.30. The highest BCUT2D eigenvalue weighted by Crippen LogP contribution is 2.34. The van der Waals surface area contributed by atoms with Crippen molar-refractivity contribution < 1.29 is 19.4 Å². The van der Waals surface area contributed by atoms with Gasteiger partial charge >= 0.3 is 0 Å². The van der Waals surface area contributed by atoms with Crippen LogP contribution in [0.2, 0.25) is 0 Å². The van der Waals surface area contributed by atoms with Crippen LogP contribution in [-0.2, 0) is 4.79 Å². The van der Waals surface area contributed by atoms with E-state index in [1.807, 2.05) is 41.8 Å². The van der Waals surface area contributed by atoms with Gasteiger partial charge in [0.15, 0.2) is 11.5 Å². The average molecular weight is 337 g/mol. The smallest absolute Gasteiger partial charge is 0.161 e. The number of ether oxygens (including phenoxy) is 2. The zero-order valence-corrected chi connectivity index (χ0v) is 14.1. The van der Waals surface area contributed by atoms with Gasteiger partial charge in [0.05, 0.1) is 31.6 Å². The van der Waals surface area contributed by atoms with Crippen molar-refractivity contribution in [3.05, 3.63) is 53.9 Å². The molecule has 3 aromatic rings. The van der Waals surface area contributed by atoms with Gasteiger partial charge in [0, 0.05) is 11.8 Å². The molecule has 0 atom stereocenters. The van der Waals surface area contributed by atoms with Crippen LogP contribution in [0.15, 0.2) is 42.6 Å². The third kappa shape index (κ3) is 3.06. The van der Waals surface area contributed by atoms with E-state index in [0.717, 1.165) is 22.9 Å². The molecular weight excluding hydrogens is 320 g/mol. The standard InChI is InChI=1S/C19H18N2O4/c1-12-5-4-10-21-14(7-9-17(22)23)18(20-19(12)21)13-6-8-15(24-2)16(11-13)25-3/h4-11H,1-3H3,(H,22,23)/p-1/b9-7+. The summed E-state index contributed by atoms with van der Waals surface area (Å²) < 4.78 is 12.5. The Kier molecular flexibility index (Phi) is 4.43. The van der Waals surface area contributed by atoms with Crippen LogP contribution in [-0.4, -0.2) is 29.6 Å². The molecule has 6 heteroatoms. The van der Waals surface area contributed by atoms with Crippen molar-refractivity contribution in [3.63, 3.8) is 0 Å². The number of rotatable bonds is 5. The summed E-state index contributed by atoms with van der Waals surface area (Å²) in [5.41, 5.74) is 3.82. The molecule has 0 radical (unpaired) electrons. The van der Waals surface area contributed by atoms with Crippen LogP contribution in [0.5, 0.6) is 11.5 Å². The van der Waals surface area contributed by atoms with Gasteiger partial charge in [0.1, 0.15) is 5.65 Å². The number of nitrogens with zero attached hydrogens (tertiary/aromatic N) is 2. The predicted octanol–water partition coefficient (Wildman–Crippen LogP) is 2.09. The van der Waals surface area contributed by atoms with Gasteiger partial charge in [-0.15, -0.1) is 0 Å². The molecule has 0 N–H and O–H groups in total. The number of carbonyl (C=O) groups excluding carboxylic acids is 1. The molecule has 0 spiro atoms. The van der Waals surface area contributed by atoms with Crippen molar-refractivity contribution in [1.82, 2.24) is 9.38 Å². The third-order valence-corrected chi connectivity index (χ3v) is 3.92. The van der Waals surface area contributed by atoms with Crippen LogP contribution >= 0.6 is 0 Å². The van der Waals surface area contributed by atoms with E-state index < -0.39 is 5.97 Å². The van der Waals surface area contributed by atoms with Crippen molar-refractivity contribution >= 4 is 17.7 Å². The number of aliphatic carboxylic acids is 1. The molecule has 128 valence electrons. The number of hydrogen-bond acceptors (Lipinski definition) is 5. The molecule has 0 aliphatic rings. The lowest BCUT2D eigenvalue weighted by Crippen LogP contribution is -2.18. The lowest BCUT2D eigenvalue weighted by molar-refractivity contribution is -0.297. The lowest BCUT2D eigenvalue weighted by Gasteiger charge is -2.09. The summed E-state index contributed by atoms with van der Waals surface area (Å²) >= 11 is 0. The number of imidazole rings is 1. The van der Waals surface area contributed by atoms with Crippen molar-refractivity contribution in [2.75, 3.05) is 14.2 Å². The zero-order chi connectivity index (χ0) is 18.0. The molecule has 0 aliphatic heterocycles. The molecule has 0 saturated carbocycles. The number of fused-ring (bicyclic) bond motifs is 1. The maximum atomic E-state index is 10.9. The molecular formula is C19H17N2O4-. The van der Waals surface area contributed by atoms with Gasteiger partial charge in [0.25, 0.3) is 0 Å². The van der Waals surface area contributed by atoms with Gasteiger partial charge < -0.3 is 19.4 Å². The Morgan fingerprint density at radius 1 is 1.20 bits per heavy atom. The van der Waals surface area contributed by atoms with Crippen LogP contribution in [0, 0.1) is 6.92 Å². The van der Waals surface area contributed by atoms with Crippen molar-refractivity contribution in [2.45, 2.75) is 6.92 Å². The summed E-state index contributed by atoms with van der Waals surface area (Å²) in [4.78, 5) is 15.6. The van der Waals surface area contributed by atoms with E-state index in [2.05, 4.69) is 0 Å². The second kappa shape index (κ2) is 6.68. The maximum Gasteiger partial charge on any atom is 0.161 e. The highest BCUT2D eigenvalue weighted by Gasteiger charge is 2.15. The minimum absolute atomic E-state index is 0.573. The SMILES string of the molecule is COc1ccc(-c2nc3c(C)cccn3c2/C=C/C(=O)[O-])cc1OC. The molecule has 2 aromatic heterocycles. The van der Waals surface area contributed by atoms with Gasteiger partial charge in [-0.1, -0.05) is 6.07 Å². The van der Waals surface area contributed by atoms with Crippen molar-refractivity contribution in [2.24, 2.45) is 0 Å². The zero-order valence-electron chi connectivity index (χ0n) is 14.1. The Labute approximate surface area is 145 Å². The number of aryl methyl sites for hydroxylation is 1. The van der Waals surface area contributed by atoms with E-state index in [-0.39, 0.29) is 0 Å². The maximum absolute atomic E-state index is 10.9.